The van der Waals surface area contributed by atoms with E-state index in [2.05, 4.69) is 20.4 Å². The number of piperidine rings is 1. The molecule has 1 amide bonds. The maximum Gasteiger partial charge on any atom is 0 e. The van der Waals surface area contributed by atoms with Crippen LogP contribution in [-0.2, 0) is 37.5 Å². The molecule has 0 spiro atoms. The van der Waals surface area contributed by atoms with E-state index in [1.54, 1.807) is 11.0 Å². The summed E-state index contributed by atoms with van der Waals surface area (Å²) in [5.41, 5.74) is 0. The van der Waals surface area contributed by atoms with Gasteiger partial charge in [-0.25, -0.2) is 0 Å². The largest absolute Gasteiger partial charge is 0.520 e. The smallest absolute Gasteiger partial charge is 0 e. The number of allylic oxidation sites excluding steroid dienone is 1. The molecule has 1 radical (unpaired) electrons. The molecule has 1 fully saturated rings. The molecule has 0 aromatic carbocycles. The van der Waals surface area contributed by atoms with Gasteiger partial charge in [-0.1, -0.05) is 26.8 Å². The Balaban J connectivity index is -0.000000286. The van der Waals surface area contributed by atoms with Crippen molar-refractivity contribution in [3.05, 3.63) is 19.6 Å². The Hall–Kier alpha value is 0.314. The van der Waals surface area contributed by atoms with Crippen LogP contribution >= 0.6 is 0 Å². The van der Waals surface area contributed by atoms with Crippen LogP contribution in [-0.4, -0.2) is 23.9 Å². The fourth-order valence-electron chi connectivity index (χ4n) is 1.65. The van der Waals surface area contributed by atoms with Crippen LogP contribution in [0.25, 0.3) is 0 Å². The molecular weight excluding hydrogens is 287 g/mol. The van der Waals surface area contributed by atoms with Gasteiger partial charge in [0.15, 0.2) is 0 Å². The second-order valence-corrected chi connectivity index (χ2v) is 3.76. The van der Waals surface area contributed by atoms with Crippen molar-refractivity contribution in [2.24, 2.45) is 5.92 Å². The predicted molar refractivity (Wildman–Crippen MR) is 71.8 cm³/mol. The van der Waals surface area contributed by atoms with E-state index in [1.165, 1.54) is 0 Å². The molecule has 0 bridgehead atoms. The third kappa shape index (κ3) is 11.2. The minimum absolute atomic E-state index is 0. The van der Waals surface area contributed by atoms with Gasteiger partial charge >= 0.3 is 0 Å². The van der Waals surface area contributed by atoms with Crippen molar-refractivity contribution in [2.75, 3.05) is 6.54 Å². The van der Waals surface area contributed by atoms with Crippen molar-refractivity contribution in [1.29, 1.82) is 0 Å². The van der Waals surface area contributed by atoms with Crippen LogP contribution in [0, 0.1) is 12.8 Å². The molecule has 1 aliphatic rings. The van der Waals surface area contributed by atoms with E-state index in [-0.39, 0.29) is 32.7 Å². The molecule has 0 aromatic rings. The van der Waals surface area contributed by atoms with Gasteiger partial charge in [-0.3, -0.25) is 0 Å². The third-order valence-electron chi connectivity index (χ3n) is 2.43. The standard InChI is InChI=1S/C9H15NO.C3H6.C2H6.Y/c1-3-9-6-8(2)4-5-10(9)7-11;1-3-2;1-2;/h8-9H,1,3-6H2,2H3;3H,1H2,2H3;1-2H3;/q-2;;;. The summed E-state index contributed by atoms with van der Waals surface area (Å²) >= 11 is 0. The zero-order valence-electron chi connectivity index (χ0n) is 11.9. The Labute approximate surface area is 133 Å². The van der Waals surface area contributed by atoms with E-state index in [9.17, 15) is 4.79 Å². The van der Waals surface area contributed by atoms with E-state index < -0.39 is 0 Å². The molecule has 1 saturated heterocycles. The molecule has 1 heterocycles. The van der Waals surface area contributed by atoms with Crippen molar-refractivity contribution in [1.82, 2.24) is 4.90 Å². The van der Waals surface area contributed by atoms with Gasteiger partial charge < -0.3 is 16.6 Å². The van der Waals surface area contributed by atoms with Gasteiger partial charge in [0.25, 0.3) is 0 Å². The van der Waals surface area contributed by atoms with Gasteiger partial charge in [0.1, 0.15) is 0 Å². The van der Waals surface area contributed by atoms with Gasteiger partial charge in [-0.2, -0.15) is 12.8 Å². The second-order valence-electron chi connectivity index (χ2n) is 3.76. The number of nitrogens with zero attached hydrogens (tertiary/aromatic N) is 1. The average Bonchev–Trinajstić information content (AvgIpc) is 2.32. The maximum absolute atomic E-state index is 10.4. The van der Waals surface area contributed by atoms with Crippen molar-refractivity contribution < 1.29 is 37.5 Å². The molecule has 99 valence electrons. The molecule has 0 aromatic heterocycles. The Morgan fingerprint density at radius 2 is 2.00 bits per heavy atom. The summed E-state index contributed by atoms with van der Waals surface area (Å²) in [4.78, 5) is 12.2. The van der Waals surface area contributed by atoms with Crippen molar-refractivity contribution in [3.63, 3.8) is 0 Å². The first-order valence-electron chi connectivity index (χ1n) is 6.20. The SMILES string of the molecule is C=CC.CC.[CH2-]CC1CC(C)CCN1[C-]=O.[Y]. The summed E-state index contributed by atoms with van der Waals surface area (Å²) in [5.74, 6) is 0.742. The van der Waals surface area contributed by atoms with E-state index >= 15 is 0 Å². The molecule has 0 aliphatic carbocycles. The first-order valence-corrected chi connectivity index (χ1v) is 6.20. The van der Waals surface area contributed by atoms with Crippen LogP contribution in [0.5, 0.6) is 0 Å². The van der Waals surface area contributed by atoms with Crippen LogP contribution in [0.15, 0.2) is 12.7 Å². The van der Waals surface area contributed by atoms with Gasteiger partial charge in [-0.05, 0) is 38.3 Å². The van der Waals surface area contributed by atoms with Crippen LogP contribution in [0.4, 0.5) is 0 Å². The van der Waals surface area contributed by atoms with E-state index in [0.717, 1.165) is 31.7 Å². The molecule has 2 unspecified atom stereocenters. The topological polar surface area (TPSA) is 20.3 Å². The summed E-state index contributed by atoms with van der Waals surface area (Å²) in [5, 5.41) is 0. The van der Waals surface area contributed by atoms with E-state index in [4.69, 9.17) is 0 Å². The van der Waals surface area contributed by atoms with Gasteiger partial charge in [0.05, 0.1) is 0 Å². The molecule has 17 heavy (non-hydrogen) atoms. The summed E-state index contributed by atoms with van der Waals surface area (Å²) in [6.07, 6.45) is 6.75. The molecule has 2 atom stereocenters. The zero-order chi connectivity index (χ0) is 13.0. The quantitative estimate of drug-likeness (QED) is 0.563. The number of likely N-dealkylation sites (tertiary alicyclic amines) is 1. The number of hydrogen-bond donors (Lipinski definition) is 0. The molecule has 0 N–H and O–H groups in total. The maximum atomic E-state index is 10.4. The minimum Gasteiger partial charge on any atom is -0.520 e. The van der Waals surface area contributed by atoms with Gasteiger partial charge in [-0.15, -0.1) is 6.58 Å². The van der Waals surface area contributed by atoms with E-state index in [0.29, 0.717) is 6.04 Å². The Kier molecular flexibility index (Phi) is 21.6. The Morgan fingerprint density at radius 3 is 2.35 bits per heavy atom. The normalized spacial score (nSPS) is 21.8. The van der Waals surface area contributed by atoms with Crippen LogP contribution in [0.3, 0.4) is 0 Å². The van der Waals surface area contributed by atoms with Gasteiger partial charge in [0.2, 0.25) is 0 Å². The molecule has 0 saturated carbocycles. The second kappa shape index (κ2) is 16.3. The number of carbonyl (C=O) groups excluding carboxylic acids is 1. The van der Waals surface area contributed by atoms with E-state index in [1.807, 2.05) is 27.2 Å². The van der Waals surface area contributed by atoms with Gasteiger partial charge in [0, 0.05) is 32.7 Å². The summed E-state index contributed by atoms with van der Waals surface area (Å²) < 4.78 is 0. The van der Waals surface area contributed by atoms with Crippen LogP contribution in [0.2, 0.25) is 0 Å². The molecule has 1 aliphatic heterocycles. The summed E-state index contributed by atoms with van der Waals surface area (Å²) in [6, 6.07) is 0.344. The number of hydrogen-bond acceptors (Lipinski definition) is 1. The third-order valence-corrected chi connectivity index (χ3v) is 2.43. The fourth-order valence-corrected chi connectivity index (χ4v) is 1.65. The van der Waals surface area contributed by atoms with Crippen LogP contribution < -0.4 is 0 Å². The molecule has 1 rings (SSSR count). The summed E-state index contributed by atoms with van der Waals surface area (Å²) in [7, 11) is 0. The first kappa shape index (κ1) is 22.5. The molecular formula is C14H27NOY-2. The number of rotatable bonds is 2. The zero-order valence-corrected chi connectivity index (χ0v) is 14.7. The first-order chi connectivity index (χ1) is 7.69. The molecule has 3 heteroatoms. The number of amides is 1. The average molecular weight is 314 g/mol. The van der Waals surface area contributed by atoms with Crippen molar-refractivity contribution in [2.45, 2.75) is 53.0 Å². The Morgan fingerprint density at radius 1 is 1.53 bits per heavy atom. The van der Waals surface area contributed by atoms with Crippen molar-refractivity contribution >= 4 is 6.41 Å². The monoisotopic (exact) mass is 314 g/mol. The minimum atomic E-state index is 0. The fraction of sp³-hybridized carbons (Fsp3) is 0.714. The Bertz CT molecular complexity index is 174. The van der Waals surface area contributed by atoms with Crippen LogP contribution in [0.1, 0.15) is 47.0 Å². The summed E-state index contributed by atoms with van der Waals surface area (Å²) in [6.45, 7) is 16.2. The molecule has 2 nitrogen and oxygen atoms in total. The van der Waals surface area contributed by atoms with Crippen molar-refractivity contribution in [3.8, 4) is 0 Å². The predicted octanol–water partition coefficient (Wildman–Crippen LogP) is 3.59.